The third-order valence-electron chi connectivity index (χ3n) is 3.71. The van der Waals surface area contributed by atoms with Gasteiger partial charge in [0.05, 0.1) is 4.92 Å². The van der Waals surface area contributed by atoms with E-state index in [1.165, 1.54) is 6.20 Å². The van der Waals surface area contributed by atoms with Gasteiger partial charge in [0.2, 0.25) is 11.8 Å². The Balaban J connectivity index is 2.19. The molecule has 0 aliphatic heterocycles. The number of anilines is 2. The zero-order chi connectivity index (χ0) is 15.2. The number of nitrogens with one attached hydrogen (secondary N) is 2. The molecule has 3 N–H and O–H groups in total. The molecule has 1 heterocycles. The first-order valence-corrected chi connectivity index (χ1v) is 7.28. The monoisotopic (exact) mass is 295 g/mol. The first-order valence-electron chi connectivity index (χ1n) is 7.28. The number of hydrogen-bond acceptors (Lipinski definition) is 7. The smallest absolute Gasteiger partial charge is 0.329 e. The van der Waals surface area contributed by atoms with E-state index in [-0.39, 0.29) is 30.1 Å². The van der Waals surface area contributed by atoms with Crippen molar-refractivity contribution in [2.45, 2.75) is 38.6 Å². The van der Waals surface area contributed by atoms with Crippen LogP contribution in [0.15, 0.2) is 6.20 Å². The summed E-state index contributed by atoms with van der Waals surface area (Å²) in [6.07, 6.45) is 4.94. The minimum atomic E-state index is -0.491. The second-order valence-electron chi connectivity index (χ2n) is 5.24. The van der Waals surface area contributed by atoms with Crippen molar-refractivity contribution in [1.82, 2.24) is 9.97 Å². The number of hydrogen-bond donors (Lipinski definition) is 3. The molecule has 1 aromatic rings. The molecule has 1 aliphatic rings. The zero-order valence-corrected chi connectivity index (χ0v) is 12.1. The second kappa shape index (κ2) is 7.16. The van der Waals surface area contributed by atoms with E-state index in [9.17, 15) is 15.2 Å². The maximum atomic E-state index is 11.1. The molecule has 0 aromatic carbocycles. The van der Waals surface area contributed by atoms with Crippen LogP contribution in [0.5, 0.6) is 0 Å². The molecule has 1 aromatic heterocycles. The Bertz CT molecular complexity index is 497. The van der Waals surface area contributed by atoms with Crippen molar-refractivity contribution in [1.29, 1.82) is 0 Å². The van der Waals surface area contributed by atoms with Gasteiger partial charge in [-0.05, 0) is 19.3 Å². The average Bonchev–Trinajstić information content (AvgIpc) is 2.92. The van der Waals surface area contributed by atoms with E-state index in [1.54, 1.807) is 0 Å². The normalized spacial score (nSPS) is 21.2. The molecule has 0 radical (unpaired) electrons. The van der Waals surface area contributed by atoms with Crippen LogP contribution in [0.3, 0.4) is 0 Å². The molecule has 0 amide bonds. The Morgan fingerprint density at radius 2 is 2.33 bits per heavy atom. The lowest BCUT2D eigenvalue weighted by Crippen LogP contribution is -2.27. The van der Waals surface area contributed by atoms with E-state index in [4.69, 9.17) is 0 Å². The van der Waals surface area contributed by atoms with Crippen molar-refractivity contribution in [2.75, 3.05) is 23.8 Å². The molecule has 21 heavy (non-hydrogen) atoms. The summed E-state index contributed by atoms with van der Waals surface area (Å²) < 4.78 is 0. The SMILES string of the molecule is CCCNc1ncc([N+](=O)[O-])c(NC2CCCC2CO)n1. The van der Waals surface area contributed by atoms with Crippen LogP contribution >= 0.6 is 0 Å². The molecule has 1 saturated carbocycles. The van der Waals surface area contributed by atoms with Gasteiger partial charge in [0, 0.05) is 25.1 Å². The van der Waals surface area contributed by atoms with Gasteiger partial charge in [0.1, 0.15) is 6.20 Å². The molecule has 0 spiro atoms. The van der Waals surface area contributed by atoms with Crippen molar-refractivity contribution >= 4 is 17.5 Å². The van der Waals surface area contributed by atoms with Gasteiger partial charge < -0.3 is 15.7 Å². The summed E-state index contributed by atoms with van der Waals surface area (Å²) in [5.74, 6) is 0.717. The second-order valence-corrected chi connectivity index (χ2v) is 5.24. The number of nitrogens with zero attached hydrogens (tertiary/aromatic N) is 3. The molecule has 0 bridgehead atoms. The van der Waals surface area contributed by atoms with Gasteiger partial charge >= 0.3 is 5.69 Å². The molecule has 2 unspecified atom stereocenters. The van der Waals surface area contributed by atoms with Crippen LogP contribution in [0, 0.1) is 16.0 Å². The summed E-state index contributed by atoms with van der Waals surface area (Å²) >= 11 is 0. The van der Waals surface area contributed by atoms with Crippen LogP contribution < -0.4 is 10.6 Å². The van der Waals surface area contributed by atoms with Crippen molar-refractivity contribution in [3.8, 4) is 0 Å². The third-order valence-corrected chi connectivity index (χ3v) is 3.71. The van der Waals surface area contributed by atoms with E-state index in [0.29, 0.717) is 12.5 Å². The maximum Gasteiger partial charge on any atom is 0.329 e. The van der Waals surface area contributed by atoms with Crippen molar-refractivity contribution in [3.63, 3.8) is 0 Å². The minimum Gasteiger partial charge on any atom is -0.396 e. The fraction of sp³-hybridized carbons (Fsp3) is 0.692. The highest BCUT2D eigenvalue weighted by Crippen LogP contribution is 2.31. The van der Waals surface area contributed by atoms with Crippen LogP contribution in [0.1, 0.15) is 32.6 Å². The van der Waals surface area contributed by atoms with Crippen molar-refractivity contribution < 1.29 is 10.0 Å². The number of rotatable bonds is 7. The molecule has 8 nitrogen and oxygen atoms in total. The lowest BCUT2D eigenvalue weighted by atomic mass is 10.1. The molecule has 1 fully saturated rings. The Morgan fingerprint density at radius 3 is 3.00 bits per heavy atom. The molecular formula is C13H21N5O3. The molecule has 1 aliphatic carbocycles. The van der Waals surface area contributed by atoms with Gasteiger partial charge in [-0.25, -0.2) is 4.98 Å². The Morgan fingerprint density at radius 1 is 1.52 bits per heavy atom. The van der Waals surface area contributed by atoms with Gasteiger partial charge in [-0.1, -0.05) is 13.3 Å². The fourth-order valence-corrected chi connectivity index (χ4v) is 2.56. The Hall–Kier alpha value is -1.96. The first-order chi connectivity index (χ1) is 10.2. The van der Waals surface area contributed by atoms with Crippen LogP contribution in [0.4, 0.5) is 17.5 Å². The highest BCUT2D eigenvalue weighted by atomic mass is 16.6. The summed E-state index contributed by atoms with van der Waals surface area (Å²) in [7, 11) is 0. The summed E-state index contributed by atoms with van der Waals surface area (Å²) in [6, 6.07) is 0.0163. The van der Waals surface area contributed by atoms with E-state index >= 15 is 0 Å². The van der Waals surface area contributed by atoms with Gasteiger partial charge in [-0.2, -0.15) is 4.98 Å². The summed E-state index contributed by atoms with van der Waals surface area (Å²) in [5, 5.41) is 26.6. The van der Waals surface area contributed by atoms with Gasteiger partial charge in [0.15, 0.2) is 0 Å². The largest absolute Gasteiger partial charge is 0.396 e. The van der Waals surface area contributed by atoms with Crippen molar-refractivity contribution in [2.24, 2.45) is 5.92 Å². The number of aliphatic hydroxyl groups excluding tert-OH is 1. The van der Waals surface area contributed by atoms with Crippen LogP contribution in [-0.4, -0.2) is 39.2 Å². The highest BCUT2D eigenvalue weighted by Gasteiger charge is 2.29. The summed E-state index contributed by atoms with van der Waals surface area (Å²) in [4.78, 5) is 18.8. The van der Waals surface area contributed by atoms with Crippen LogP contribution in [-0.2, 0) is 0 Å². The van der Waals surface area contributed by atoms with Crippen LogP contribution in [0.25, 0.3) is 0 Å². The molecule has 0 saturated heterocycles. The van der Waals surface area contributed by atoms with E-state index in [0.717, 1.165) is 25.7 Å². The fourth-order valence-electron chi connectivity index (χ4n) is 2.56. The van der Waals surface area contributed by atoms with Gasteiger partial charge in [-0.3, -0.25) is 10.1 Å². The standard InChI is InChI=1S/C13H21N5O3/c1-2-6-14-13-15-7-11(18(20)21)12(17-13)16-10-5-3-4-9(10)8-19/h7,9-10,19H,2-6,8H2,1H3,(H2,14,15,16,17). The number of nitro groups is 1. The Kier molecular flexibility index (Phi) is 5.26. The van der Waals surface area contributed by atoms with Gasteiger partial charge in [0.25, 0.3) is 0 Å². The highest BCUT2D eigenvalue weighted by molar-refractivity contribution is 5.57. The van der Waals surface area contributed by atoms with Crippen molar-refractivity contribution in [3.05, 3.63) is 16.3 Å². The first kappa shape index (κ1) is 15.4. The lowest BCUT2D eigenvalue weighted by Gasteiger charge is -2.19. The zero-order valence-electron chi connectivity index (χ0n) is 12.1. The lowest BCUT2D eigenvalue weighted by molar-refractivity contribution is -0.384. The van der Waals surface area contributed by atoms with E-state index in [2.05, 4.69) is 20.6 Å². The quantitative estimate of drug-likeness (QED) is 0.519. The number of aliphatic hydroxyl groups is 1. The molecular weight excluding hydrogens is 274 g/mol. The predicted molar refractivity (Wildman–Crippen MR) is 79.3 cm³/mol. The third kappa shape index (κ3) is 3.78. The van der Waals surface area contributed by atoms with Gasteiger partial charge in [-0.15, -0.1) is 0 Å². The predicted octanol–water partition coefficient (Wildman–Crippen LogP) is 1.78. The molecule has 116 valence electrons. The molecule has 2 rings (SSSR count). The summed E-state index contributed by atoms with van der Waals surface area (Å²) in [6.45, 7) is 2.80. The topological polar surface area (TPSA) is 113 Å². The molecule has 8 heteroatoms. The van der Waals surface area contributed by atoms with E-state index in [1.807, 2.05) is 6.92 Å². The Labute approximate surface area is 123 Å². The number of aromatic nitrogens is 2. The summed E-state index contributed by atoms with van der Waals surface area (Å²) in [5.41, 5.74) is -0.138. The average molecular weight is 295 g/mol. The molecule has 2 atom stereocenters. The van der Waals surface area contributed by atoms with E-state index < -0.39 is 4.92 Å². The minimum absolute atomic E-state index is 0.0163. The maximum absolute atomic E-state index is 11.1. The van der Waals surface area contributed by atoms with Crippen LogP contribution in [0.2, 0.25) is 0 Å².